The molecule has 0 aliphatic rings. The van der Waals surface area contributed by atoms with Gasteiger partial charge < -0.3 is 21.4 Å². The van der Waals surface area contributed by atoms with E-state index in [4.69, 9.17) is 16.6 Å². The summed E-state index contributed by atoms with van der Waals surface area (Å²) in [6.07, 6.45) is 0.213. The van der Waals surface area contributed by atoms with Crippen molar-refractivity contribution in [3.63, 3.8) is 0 Å². The van der Waals surface area contributed by atoms with Gasteiger partial charge in [-0.2, -0.15) is 0 Å². The molecule has 3 unspecified atom stereocenters. The molecule has 0 saturated carbocycles. The molecule has 0 spiro atoms. The Bertz CT molecular complexity index is 227. The topological polar surface area (TPSA) is 123 Å². The van der Waals surface area contributed by atoms with Gasteiger partial charge in [-0.05, 0) is 6.92 Å². The Kier molecular flexibility index (Phi) is 4.22. The fraction of sp³-hybridized carbons (Fsp3) is 0.571. The lowest BCUT2D eigenvalue weighted by atomic mass is 9.94. The second-order valence-electron chi connectivity index (χ2n) is 2.72. The van der Waals surface area contributed by atoms with Crippen LogP contribution in [-0.4, -0.2) is 35.2 Å². The standard InChI is InChI=1S/C7H12N2O4/c1-3(8)6(11)4(2-10)5(9)7(12)13/h2-5H,8-9H2,1H3,(H,12,13). The second-order valence-corrected chi connectivity index (χ2v) is 2.72. The molecule has 0 aromatic carbocycles. The zero-order chi connectivity index (χ0) is 10.6. The van der Waals surface area contributed by atoms with Gasteiger partial charge in [-0.15, -0.1) is 0 Å². The van der Waals surface area contributed by atoms with Crippen LogP contribution in [-0.2, 0) is 14.4 Å². The highest BCUT2D eigenvalue weighted by Gasteiger charge is 2.31. The predicted molar refractivity (Wildman–Crippen MR) is 43.8 cm³/mol. The zero-order valence-corrected chi connectivity index (χ0v) is 7.14. The molecule has 3 atom stereocenters. The van der Waals surface area contributed by atoms with Crippen molar-refractivity contribution in [2.45, 2.75) is 19.0 Å². The van der Waals surface area contributed by atoms with Crippen LogP contribution in [0.4, 0.5) is 0 Å². The van der Waals surface area contributed by atoms with Crippen molar-refractivity contribution in [2.24, 2.45) is 17.4 Å². The van der Waals surface area contributed by atoms with Gasteiger partial charge in [-0.25, -0.2) is 0 Å². The smallest absolute Gasteiger partial charge is 0.321 e. The third kappa shape index (κ3) is 2.92. The Balaban J connectivity index is 4.60. The zero-order valence-electron chi connectivity index (χ0n) is 7.14. The first-order chi connectivity index (χ1) is 5.91. The Morgan fingerprint density at radius 3 is 2.08 bits per heavy atom. The van der Waals surface area contributed by atoms with E-state index in [0.717, 1.165) is 0 Å². The van der Waals surface area contributed by atoms with Gasteiger partial charge >= 0.3 is 5.97 Å². The second kappa shape index (κ2) is 4.68. The Morgan fingerprint density at radius 2 is 1.85 bits per heavy atom. The number of carbonyl (C=O) groups is 3. The SMILES string of the molecule is CC(N)C(=O)C(C=O)C(N)C(=O)O. The molecule has 0 aliphatic carbocycles. The lowest BCUT2D eigenvalue weighted by Crippen LogP contribution is -2.47. The Hall–Kier alpha value is -1.27. The molecule has 0 aliphatic heterocycles. The van der Waals surface area contributed by atoms with E-state index in [1.54, 1.807) is 0 Å². The van der Waals surface area contributed by atoms with E-state index in [1.807, 2.05) is 0 Å². The average molecular weight is 188 g/mol. The van der Waals surface area contributed by atoms with Gasteiger partial charge in [0.1, 0.15) is 18.2 Å². The molecular weight excluding hydrogens is 176 g/mol. The maximum absolute atomic E-state index is 11.1. The molecule has 6 nitrogen and oxygen atoms in total. The minimum atomic E-state index is -1.52. The minimum Gasteiger partial charge on any atom is -0.480 e. The van der Waals surface area contributed by atoms with Gasteiger partial charge in [0.15, 0.2) is 5.78 Å². The molecule has 0 aromatic rings. The quantitative estimate of drug-likeness (QED) is 0.343. The maximum Gasteiger partial charge on any atom is 0.321 e. The fourth-order valence-electron chi connectivity index (χ4n) is 0.786. The fourth-order valence-corrected chi connectivity index (χ4v) is 0.786. The number of rotatable bonds is 5. The molecule has 0 heterocycles. The first-order valence-corrected chi connectivity index (χ1v) is 3.64. The molecular formula is C7H12N2O4. The molecule has 6 heteroatoms. The summed E-state index contributed by atoms with van der Waals surface area (Å²) < 4.78 is 0. The summed E-state index contributed by atoms with van der Waals surface area (Å²) in [5.41, 5.74) is 10.3. The average Bonchev–Trinajstić information content (AvgIpc) is 2.04. The lowest BCUT2D eigenvalue weighted by molar-refractivity contribution is -0.144. The number of nitrogens with two attached hydrogens (primary N) is 2. The van der Waals surface area contributed by atoms with E-state index in [1.165, 1.54) is 6.92 Å². The Labute approximate surface area is 74.9 Å². The van der Waals surface area contributed by atoms with Gasteiger partial charge in [-0.3, -0.25) is 9.59 Å². The summed E-state index contributed by atoms with van der Waals surface area (Å²) in [5, 5.41) is 8.44. The van der Waals surface area contributed by atoms with Crippen LogP contribution < -0.4 is 11.5 Å². The molecule has 0 rings (SSSR count). The number of hydrogen-bond acceptors (Lipinski definition) is 5. The molecule has 5 N–H and O–H groups in total. The third-order valence-electron chi connectivity index (χ3n) is 1.60. The first-order valence-electron chi connectivity index (χ1n) is 3.64. The van der Waals surface area contributed by atoms with E-state index < -0.39 is 29.8 Å². The number of carboxylic acids is 1. The van der Waals surface area contributed by atoms with E-state index in [2.05, 4.69) is 0 Å². The highest BCUT2D eigenvalue weighted by molar-refractivity contribution is 6.00. The highest BCUT2D eigenvalue weighted by atomic mass is 16.4. The number of carbonyl (C=O) groups excluding carboxylic acids is 2. The van der Waals surface area contributed by atoms with Gasteiger partial charge in [-0.1, -0.05) is 0 Å². The van der Waals surface area contributed by atoms with Crippen molar-refractivity contribution in [1.29, 1.82) is 0 Å². The van der Waals surface area contributed by atoms with E-state index in [-0.39, 0.29) is 6.29 Å². The van der Waals surface area contributed by atoms with Gasteiger partial charge in [0.2, 0.25) is 0 Å². The maximum atomic E-state index is 11.1. The van der Waals surface area contributed by atoms with Crippen molar-refractivity contribution in [2.75, 3.05) is 0 Å². The molecule has 0 saturated heterocycles. The summed E-state index contributed by atoms with van der Waals surface area (Å²) in [5.74, 6) is -3.42. The molecule has 0 fully saturated rings. The number of aldehydes is 1. The van der Waals surface area contributed by atoms with Crippen LogP contribution >= 0.6 is 0 Å². The van der Waals surface area contributed by atoms with Crippen molar-refractivity contribution in [3.05, 3.63) is 0 Å². The van der Waals surface area contributed by atoms with Crippen LogP contribution in [0.5, 0.6) is 0 Å². The molecule has 74 valence electrons. The summed E-state index contributed by atoms with van der Waals surface area (Å²) in [7, 11) is 0. The van der Waals surface area contributed by atoms with Crippen molar-refractivity contribution >= 4 is 18.0 Å². The summed E-state index contributed by atoms with van der Waals surface area (Å²) >= 11 is 0. The third-order valence-corrected chi connectivity index (χ3v) is 1.60. The molecule has 0 bridgehead atoms. The first kappa shape index (κ1) is 11.7. The van der Waals surface area contributed by atoms with Crippen LogP contribution in [0, 0.1) is 5.92 Å². The molecule has 0 aromatic heterocycles. The van der Waals surface area contributed by atoms with Crippen molar-refractivity contribution in [3.8, 4) is 0 Å². The normalized spacial score (nSPS) is 17.2. The van der Waals surface area contributed by atoms with Crippen LogP contribution in [0.1, 0.15) is 6.92 Å². The van der Waals surface area contributed by atoms with Crippen LogP contribution in [0.2, 0.25) is 0 Å². The highest BCUT2D eigenvalue weighted by Crippen LogP contribution is 2.02. The van der Waals surface area contributed by atoms with Gasteiger partial charge in [0, 0.05) is 0 Å². The number of carboxylic acid groups (broad SMARTS) is 1. The summed E-state index contributed by atoms with van der Waals surface area (Å²) in [6.45, 7) is 1.37. The van der Waals surface area contributed by atoms with Crippen molar-refractivity contribution in [1.82, 2.24) is 0 Å². The van der Waals surface area contributed by atoms with Gasteiger partial charge in [0.25, 0.3) is 0 Å². The van der Waals surface area contributed by atoms with Gasteiger partial charge in [0.05, 0.1) is 6.04 Å². The van der Waals surface area contributed by atoms with E-state index >= 15 is 0 Å². The van der Waals surface area contributed by atoms with E-state index in [9.17, 15) is 14.4 Å². The van der Waals surface area contributed by atoms with Crippen molar-refractivity contribution < 1.29 is 19.5 Å². The monoisotopic (exact) mass is 188 g/mol. The lowest BCUT2D eigenvalue weighted by Gasteiger charge is -2.15. The largest absolute Gasteiger partial charge is 0.480 e. The number of ketones is 1. The molecule has 0 radical (unpaired) electrons. The number of aliphatic carboxylic acids is 1. The molecule has 13 heavy (non-hydrogen) atoms. The number of Topliss-reactive ketones (excluding diaryl/α,β-unsaturated/α-hetero) is 1. The summed E-state index contributed by atoms with van der Waals surface area (Å²) in [6, 6.07) is -2.41. The minimum absolute atomic E-state index is 0.213. The molecule has 0 amide bonds. The van der Waals surface area contributed by atoms with E-state index in [0.29, 0.717) is 0 Å². The summed E-state index contributed by atoms with van der Waals surface area (Å²) in [4.78, 5) is 31.8. The van der Waals surface area contributed by atoms with Crippen LogP contribution in [0.3, 0.4) is 0 Å². The predicted octanol–water partition coefficient (Wildman–Crippen LogP) is -1.87. The van der Waals surface area contributed by atoms with Crippen LogP contribution in [0.15, 0.2) is 0 Å². The Morgan fingerprint density at radius 1 is 1.38 bits per heavy atom. The number of hydrogen-bond donors (Lipinski definition) is 3. The van der Waals surface area contributed by atoms with Crippen LogP contribution in [0.25, 0.3) is 0 Å².